The average molecular weight is 233 g/mol. The fraction of sp³-hybridized carbons (Fsp3) is 0.778. The molecular formula is C9H15NO6. The molecule has 0 radical (unpaired) electrons. The quantitative estimate of drug-likeness (QED) is 0.346. The molecule has 0 saturated heterocycles. The van der Waals surface area contributed by atoms with Crippen LogP contribution in [0.1, 0.15) is 6.42 Å². The first-order chi connectivity index (χ1) is 7.49. The predicted octanol–water partition coefficient (Wildman–Crippen LogP) is -2.46. The number of hydrogen-bond acceptors (Lipinski definition) is 5. The summed E-state index contributed by atoms with van der Waals surface area (Å²) in [7, 11) is 0. The maximum Gasteiger partial charge on any atom is 0.307 e. The highest BCUT2D eigenvalue weighted by atomic mass is 16.4. The summed E-state index contributed by atoms with van der Waals surface area (Å²) in [6.45, 7) is -1.84. The van der Waals surface area contributed by atoms with Gasteiger partial charge in [-0.25, -0.2) is 0 Å². The molecule has 0 aliphatic heterocycles. The predicted molar refractivity (Wildman–Crippen MR) is 51.4 cm³/mol. The Morgan fingerprint density at radius 3 is 1.94 bits per heavy atom. The summed E-state index contributed by atoms with van der Waals surface area (Å²) >= 11 is 0. The van der Waals surface area contributed by atoms with Crippen molar-refractivity contribution in [3.8, 4) is 0 Å². The molecule has 1 fully saturated rings. The zero-order valence-electron chi connectivity index (χ0n) is 8.59. The van der Waals surface area contributed by atoms with Crippen LogP contribution in [0.15, 0.2) is 0 Å². The van der Waals surface area contributed by atoms with Gasteiger partial charge in [0.15, 0.2) is 0 Å². The lowest BCUT2D eigenvalue weighted by Crippen LogP contribution is -2.57. The standard InChI is InChI=1S/C9H15NO6/c11-2-9(3-12,4-13)10-7(14)5-1-6(5)8(15)16/h5-6,11-13H,1-4H2,(H,10,14)(H,15,16). The number of aliphatic hydroxyl groups is 3. The van der Waals surface area contributed by atoms with Crippen molar-refractivity contribution in [3.63, 3.8) is 0 Å². The molecule has 1 aliphatic carbocycles. The first kappa shape index (κ1) is 12.9. The van der Waals surface area contributed by atoms with Crippen LogP contribution in [0.4, 0.5) is 0 Å². The van der Waals surface area contributed by atoms with Crippen molar-refractivity contribution in [3.05, 3.63) is 0 Å². The van der Waals surface area contributed by atoms with Crippen LogP contribution >= 0.6 is 0 Å². The van der Waals surface area contributed by atoms with Gasteiger partial charge in [0.25, 0.3) is 0 Å². The molecule has 16 heavy (non-hydrogen) atoms. The Morgan fingerprint density at radius 1 is 1.12 bits per heavy atom. The highest BCUT2D eigenvalue weighted by molar-refractivity contribution is 5.89. The van der Waals surface area contributed by atoms with Gasteiger partial charge in [0.1, 0.15) is 5.54 Å². The third-order valence-electron chi connectivity index (χ3n) is 2.74. The van der Waals surface area contributed by atoms with Crippen LogP contribution in [-0.2, 0) is 9.59 Å². The maximum atomic E-state index is 11.5. The first-order valence-corrected chi connectivity index (χ1v) is 4.87. The summed E-state index contributed by atoms with van der Waals surface area (Å²) in [5, 5.41) is 37.7. The van der Waals surface area contributed by atoms with E-state index < -0.39 is 49.1 Å². The number of carbonyl (C=O) groups excluding carboxylic acids is 1. The van der Waals surface area contributed by atoms with Crippen molar-refractivity contribution in [1.82, 2.24) is 5.32 Å². The number of amides is 1. The highest BCUT2D eigenvalue weighted by Crippen LogP contribution is 2.38. The molecule has 92 valence electrons. The summed E-state index contributed by atoms with van der Waals surface area (Å²) in [4.78, 5) is 22.0. The van der Waals surface area contributed by atoms with Crippen LogP contribution < -0.4 is 5.32 Å². The lowest BCUT2D eigenvalue weighted by molar-refractivity contribution is -0.140. The van der Waals surface area contributed by atoms with Crippen molar-refractivity contribution in [2.75, 3.05) is 19.8 Å². The third kappa shape index (κ3) is 2.49. The number of hydrogen-bond donors (Lipinski definition) is 5. The number of nitrogens with one attached hydrogen (secondary N) is 1. The fourth-order valence-electron chi connectivity index (χ4n) is 1.38. The van der Waals surface area contributed by atoms with Gasteiger partial charge in [-0.15, -0.1) is 0 Å². The van der Waals surface area contributed by atoms with E-state index in [-0.39, 0.29) is 6.42 Å². The van der Waals surface area contributed by atoms with Crippen LogP contribution in [0.3, 0.4) is 0 Å². The first-order valence-electron chi connectivity index (χ1n) is 4.87. The van der Waals surface area contributed by atoms with Crippen molar-refractivity contribution in [1.29, 1.82) is 0 Å². The van der Waals surface area contributed by atoms with Crippen molar-refractivity contribution in [2.24, 2.45) is 11.8 Å². The molecule has 1 saturated carbocycles. The van der Waals surface area contributed by atoms with E-state index >= 15 is 0 Å². The molecular weight excluding hydrogens is 218 g/mol. The van der Waals surface area contributed by atoms with Gasteiger partial charge in [-0.2, -0.15) is 0 Å². The molecule has 2 atom stereocenters. The molecule has 1 rings (SSSR count). The summed E-state index contributed by atoms with van der Waals surface area (Å²) in [5.74, 6) is -2.94. The molecule has 2 unspecified atom stereocenters. The lowest BCUT2D eigenvalue weighted by Gasteiger charge is -2.28. The normalized spacial score (nSPS) is 23.9. The molecule has 7 heteroatoms. The molecule has 0 aromatic heterocycles. The summed E-state index contributed by atoms with van der Waals surface area (Å²) in [6, 6.07) is 0. The lowest BCUT2D eigenvalue weighted by atomic mass is 10.0. The fourth-order valence-corrected chi connectivity index (χ4v) is 1.38. The van der Waals surface area contributed by atoms with Gasteiger partial charge in [-0.05, 0) is 6.42 Å². The molecule has 0 heterocycles. The van der Waals surface area contributed by atoms with E-state index in [9.17, 15) is 9.59 Å². The number of rotatable bonds is 6. The van der Waals surface area contributed by atoms with Crippen LogP contribution in [0, 0.1) is 11.8 Å². The van der Waals surface area contributed by atoms with Gasteiger partial charge < -0.3 is 25.7 Å². The van der Waals surface area contributed by atoms with E-state index in [0.717, 1.165) is 0 Å². The summed E-state index contributed by atoms with van der Waals surface area (Å²) in [6.07, 6.45) is 0.250. The second-order valence-corrected chi connectivity index (χ2v) is 4.03. The van der Waals surface area contributed by atoms with Crippen LogP contribution in [0.25, 0.3) is 0 Å². The number of carboxylic acid groups (broad SMARTS) is 1. The molecule has 0 aromatic carbocycles. The Morgan fingerprint density at radius 2 is 1.62 bits per heavy atom. The van der Waals surface area contributed by atoms with Crippen LogP contribution in [0.2, 0.25) is 0 Å². The van der Waals surface area contributed by atoms with Crippen molar-refractivity contribution in [2.45, 2.75) is 12.0 Å². The second-order valence-electron chi connectivity index (χ2n) is 4.03. The summed E-state index contributed by atoms with van der Waals surface area (Å²) in [5.41, 5.74) is -1.48. The van der Waals surface area contributed by atoms with Gasteiger partial charge in [0.2, 0.25) is 5.91 Å². The number of aliphatic carboxylic acids is 1. The van der Waals surface area contributed by atoms with Crippen LogP contribution in [0.5, 0.6) is 0 Å². The van der Waals surface area contributed by atoms with Gasteiger partial charge in [0.05, 0.1) is 31.7 Å². The SMILES string of the molecule is O=C(O)C1CC1C(=O)NC(CO)(CO)CO. The average Bonchev–Trinajstić information content (AvgIpc) is 3.06. The Hall–Kier alpha value is -1.18. The summed E-state index contributed by atoms with van der Waals surface area (Å²) < 4.78 is 0. The van der Waals surface area contributed by atoms with Crippen LogP contribution in [-0.4, -0.2) is 57.7 Å². The van der Waals surface area contributed by atoms with Gasteiger partial charge in [0, 0.05) is 0 Å². The molecule has 0 spiro atoms. The monoisotopic (exact) mass is 233 g/mol. The topological polar surface area (TPSA) is 127 Å². The molecule has 0 bridgehead atoms. The van der Waals surface area contributed by atoms with E-state index in [1.54, 1.807) is 0 Å². The minimum absolute atomic E-state index is 0.250. The zero-order valence-corrected chi connectivity index (χ0v) is 8.59. The van der Waals surface area contributed by atoms with Gasteiger partial charge in [-0.3, -0.25) is 9.59 Å². The molecule has 1 amide bonds. The van der Waals surface area contributed by atoms with E-state index in [1.165, 1.54) is 0 Å². The maximum absolute atomic E-state index is 11.5. The Bertz CT molecular complexity index is 279. The van der Waals surface area contributed by atoms with E-state index in [2.05, 4.69) is 5.32 Å². The number of carbonyl (C=O) groups is 2. The molecule has 1 aliphatic rings. The third-order valence-corrected chi connectivity index (χ3v) is 2.74. The Labute approximate surface area is 91.7 Å². The number of aliphatic hydroxyl groups excluding tert-OH is 3. The molecule has 5 N–H and O–H groups in total. The highest BCUT2D eigenvalue weighted by Gasteiger charge is 2.49. The van der Waals surface area contributed by atoms with E-state index in [0.29, 0.717) is 0 Å². The Balaban J connectivity index is 2.54. The molecule has 7 nitrogen and oxygen atoms in total. The molecule has 0 aromatic rings. The second kappa shape index (κ2) is 4.77. The largest absolute Gasteiger partial charge is 0.481 e. The van der Waals surface area contributed by atoms with Gasteiger partial charge in [-0.1, -0.05) is 0 Å². The number of carboxylic acids is 1. The van der Waals surface area contributed by atoms with E-state index in [1.807, 2.05) is 0 Å². The van der Waals surface area contributed by atoms with E-state index in [4.69, 9.17) is 20.4 Å². The van der Waals surface area contributed by atoms with Gasteiger partial charge >= 0.3 is 5.97 Å². The van der Waals surface area contributed by atoms with Crippen molar-refractivity contribution < 1.29 is 30.0 Å². The minimum Gasteiger partial charge on any atom is -0.481 e. The minimum atomic E-state index is -1.48. The zero-order chi connectivity index (χ0) is 12.3. The Kier molecular flexibility index (Phi) is 3.84. The van der Waals surface area contributed by atoms with Crippen molar-refractivity contribution >= 4 is 11.9 Å². The smallest absolute Gasteiger partial charge is 0.307 e.